The zero-order chi connectivity index (χ0) is 19.1. The lowest BCUT2D eigenvalue weighted by Gasteiger charge is -2.11. The first-order valence-corrected chi connectivity index (χ1v) is 9.43. The Morgan fingerprint density at radius 3 is 2.70 bits per heavy atom. The molecule has 0 aromatic carbocycles. The summed E-state index contributed by atoms with van der Waals surface area (Å²) >= 11 is 0. The van der Waals surface area contributed by atoms with Crippen LogP contribution in [0.3, 0.4) is 0 Å². The van der Waals surface area contributed by atoms with Crippen molar-refractivity contribution >= 4 is 28.1 Å². The van der Waals surface area contributed by atoms with Gasteiger partial charge in [0.25, 0.3) is 0 Å². The molecule has 140 valence electrons. The van der Waals surface area contributed by atoms with Crippen LogP contribution < -0.4 is 5.32 Å². The molecular weight excluding hydrogens is 338 g/mol. The quantitative estimate of drug-likeness (QED) is 0.546. The molecule has 7 heteroatoms. The van der Waals surface area contributed by atoms with Crippen molar-refractivity contribution in [2.75, 3.05) is 5.32 Å². The third kappa shape index (κ3) is 3.03. The van der Waals surface area contributed by atoms with Gasteiger partial charge in [-0.3, -0.25) is 0 Å². The van der Waals surface area contributed by atoms with Crippen LogP contribution in [0.5, 0.6) is 0 Å². The van der Waals surface area contributed by atoms with E-state index in [4.69, 9.17) is 0 Å². The molecule has 4 heterocycles. The Labute approximate surface area is 158 Å². The van der Waals surface area contributed by atoms with Crippen LogP contribution in [0.25, 0.3) is 33.3 Å². The molecule has 0 spiro atoms. The monoisotopic (exact) mass is 363 g/mol. The van der Waals surface area contributed by atoms with Crippen LogP contribution in [0.1, 0.15) is 46.0 Å². The van der Waals surface area contributed by atoms with Gasteiger partial charge in [-0.2, -0.15) is 4.98 Å². The minimum Gasteiger partial charge on any atom is -0.352 e. The van der Waals surface area contributed by atoms with Crippen molar-refractivity contribution in [3.63, 3.8) is 0 Å². The maximum atomic E-state index is 4.61. The highest BCUT2D eigenvalue weighted by atomic mass is 15.1. The van der Waals surface area contributed by atoms with Gasteiger partial charge in [-0.05, 0) is 40.2 Å². The number of hydrogen-bond donors (Lipinski definition) is 2. The van der Waals surface area contributed by atoms with Crippen molar-refractivity contribution in [2.24, 2.45) is 0 Å². The van der Waals surface area contributed by atoms with Crippen LogP contribution in [0.4, 0.5) is 5.95 Å². The van der Waals surface area contributed by atoms with E-state index in [1.54, 1.807) is 0 Å². The SMILES string of the molecule is CCC(C)Nc1ncc2c(-c3cnc4nc(C)n(C(C)C)c4c3)c[nH]c2n1. The number of aryl methyl sites for hydroxylation is 1. The molecule has 0 aliphatic rings. The van der Waals surface area contributed by atoms with Gasteiger partial charge in [-0.15, -0.1) is 0 Å². The van der Waals surface area contributed by atoms with Gasteiger partial charge < -0.3 is 14.9 Å². The molecule has 0 fully saturated rings. The zero-order valence-electron chi connectivity index (χ0n) is 16.4. The summed E-state index contributed by atoms with van der Waals surface area (Å²) in [6.45, 7) is 10.6. The number of fused-ring (bicyclic) bond motifs is 2. The Bertz CT molecular complexity index is 1110. The van der Waals surface area contributed by atoms with E-state index in [1.807, 2.05) is 25.5 Å². The molecular formula is C20H25N7. The van der Waals surface area contributed by atoms with E-state index in [2.05, 4.69) is 68.6 Å². The number of nitrogens with one attached hydrogen (secondary N) is 2. The third-order valence-electron chi connectivity index (χ3n) is 4.97. The predicted molar refractivity (Wildman–Crippen MR) is 109 cm³/mol. The van der Waals surface area contributed by atoms with E-state index in [9.17, 15) is 0 Å². The predicted octanol–water partition coefficient (Wildman–Crippen LogP) is 4.47. The van der Waals surface area contributed by atoms with Gasteiger partial charge in [-0.25, -0.2) is 15.0 Å². The summed E-state index contributed by atoms with van der Waals surface area (Å²) in [7, 11) is 0. The molecule has 0 radical (unpaired) electrons. The highest BCUT2D eigenvalue weighted by molar-refractivity contribution is 5.95. The van der Waals surface area contributed by atoms with Gasteiger partial charge in [0.1, 0.15) is 11.5 Å². The Hall–Kier alpha value is -2.96. The van der Waals surface area contributed by atoms with Crippen LogP contribution in [0, 0.1) is 6.92 Å². The van der Waals surface area contributed by atoms with E-state index in [0.717, 1.165) is 45.6 Å². The second-order valence-electron chi connectivity index (χ2n) is 7.30. The minimum atomic E-state index is 0.326. The maximum absolute atomic E-state index is 4.61. The van der Waals surface area contributed by atoms with E-state index < -0.39 is 0 Å². The van der Waals surface area contributed by atoms with E-state index in [0.29, 0.717) is 18.0 Å². The molecule has 0 saturated heterocycles. The van der Waals surface area contributed by atoms with E-state index >= 15 is 0 Å². The Balaban J connectivity index is 1.79. The number of nitrogens with zero attached hydrogens (tertiary/aromatic N) is 5. The summed E-state index contributed by atoms with van der Waals surface area (Å²) in [5, 5.41) is 4.30. The number of imidazole rings is 1. The molecule has 4 aromatic rings. The van der Waals surface area contributed by atoms with Gasteiger partial charge in [0.05, 0.1) is 5.52 Å². The summed E-state index contributed by atoms with van der Waals surface area (Å²) in [6, 6.07) is 2.81. The van der Waals surface area contributed by atoms with Gasteiger partial charge >= 0.3 is 0 Å². The average Bonchev–Trinajstić information content (AvgIpc) is 3.20. The van der Waals surface area contributed by atoms with Crippen molar-refractivity contribution in [1.82, 2.24) is 29.5 Å². The molecule has 2 N–H and O–H groups in total. The van der Waals surface area contributed by atoms with Crippen LogP contribution in [-0.2, 0) is 0 Å². The topological polar surface area (TPSA) is 84.3 Å². The fourth-order valence-corrected chi connectivity index (χ4v) is 3.43. The van der Waals surface area contributed by atoms with Gasteiger partial charge in [0.15, 0.2) is 5.65 Å². The van der Waals surface area contributed by atoms with Crippen LogP contribution in [0.15, 0.2) is 24.7 Å². The lowest BCUT2D eigenvalue weighted by molar-refractivity contribution is 0.600. The maximum Gasteiger partial charge on any atom is 0.224 e. The molecule has 4 aromatic heterocycles. The second-order valence-corrected chi connectivity index (χ2v) is 7.30. The molecule has 0 amide bonds. The third-order valence-corrected chi connectivity index (χ3v) is 4.97. The Morgan fingerprint density at radius 2 is 1.96 bits per heavy atom. The molecule has 1 unspecified atom stereocenters. The van der Waals surface area contributed by atoms with Crippen molar-refractivity contribution in [3.8, 4) is 11.1 Å². The summed E-state index contributed by atoms with van der Waals surface area (Å²) in [4.78, 5) is 21.5. The Kier molecular flexibility index (Phi) is 4.30. The number of hydrogen-bond acceptors (Lipinski definition) is 5. The molecule has 27 heavy (non-hydrogen) atoms. The van der Waals surface area contributed by atoms with Gasteiger partial charge in [0.2, 0.25) is 5.95 Å². The molecule has 1 atom stereocenters. The largest absolute Gasteiger partial charge is 0.352 e. The number of rotatable bonds is 5. The van der Waals surface area contributed by atoms with Crippen LogP contribution in [0.2, 0.25) is 0 Å². The normalized spacial score (nSPS) is 13.0. The van der Waals surface area contributed by atoms with Crippen molar-refractivity contribution in [2.45, 2.75) is 53.1 Å². The first-order chi connectivity index (χ1) is 13.0. The first-order valence-electron chi connectivity index (χ1n) is 9.43. The number of pyridine rings is 1. The van der Waals surface area contributed by atoms with Crippen LogP contribution in [-0.4, -0.2) is 35.5 Å². The molecule has 0 bridgehead atoms. The number of anilines is 1. The molecule has 4 rings (SSSR count). The molecule has 0 aliphatic heterocycles. The first kappa shape index (κ1) is 17.5. The van der Waals surface area contributed by atoms with Gasteiger partial charge in [0, 0.05) is 47.2 Å². The fourth-order valence-electron chi connectivity index (χ4n) is 3.43. The molecule has 0 saturated carbocycles. The van der Waals surface area contributed by atoms with Gasteiger partial charge in [-0.1, -0.05) is 6.92 Å². The van der Waals surface area contributed by atoms with E-state index in [-0.39, 0.29) is 0 Å². The fraction of sp³-hybridized carbons (Fsp3) is 0.400. The smallest absolute Gasteiger partial charge is 0.224 e. The Morgan fingerprint density at radius 1 is 1.15 bits per heavy atom. The van der Waals surface area contributed by atoms with Crippen molar-refractivity contribution in [1.29, 1.82) is 0 Å². The average molecular weight is 363 g/mol. The summed E-state index contributed by atoms with van der Waals surface area (Å²) in [5.74, 6) is 1.63. The van der Waals surface area contributed by atoms with Crippen molar-refractivity contribution in [3.05, 3.63) is 30.5 Å². The second kappa shape index (κ2) is 6.64. The molecule has 7 nitrogen and oxygen atoms in total. The summed E-state index contributed by atoms with van der Waals surface area (Å²) in [6.07, 6.45) is 6.73. The standard InChI is InChI=1S/C20H25N7/c1-6-12(4)24-20-23-10-16-15(9-22-18(16)26-20)14-7-17-19(21-8-14)25-13(5)27(17)11(2)3/h7-12H,6H2,1-5H3,(H2,22,23,24,26). The highest BCUT2D eigenvalue weighted by Gasteiger charge is 2.15. The lowest BCUT2D eigenvalue weighted by Crippen LogP contribution is -2.15. The summed E-state index contributed by atoms with van der Waals surface area (Å²) in [5.41, 5.74) is 4.72. The zero-order valence-corrected chi connectivity index (χ0v) is 16.4. The minimum absolute atomic E-state index is 0.326. The van der Waals surface area contributed by atoms with E-state index in [1.165, 1.54) is 0 Å². The van der Waals surface area contributed by atoms with Crippen LogP contribution >= 0.6 is 0 Å². The van der Waals surface area contributed by atoms with Crippen molar-refractivity contribution < 1.29 is 0 Å². The highest BCUT2D eigenvalue weighted by Crippen LogP contribution is 2.30. The number of H-pyrrole nitrogens is 1. The number of aromatic nitrogens is 6. The molecule has 0 aliphatic carbocycles. The lowest BCUT2D eigenvalue weighted by atomic mass is 10.1. The summed E-state index contributed by atoms with van der Waals surface area (Å²) < 4.78 is 2.21. The number of aromatic amines is 1.